The van der Waals surface area contributed by atoms with Gasteiger partial charge in [-0.05, 0) is 50.5 Å². The topological polar surface area (TPSA) is 70.6 Å². The number of hydrogen-bond donors (Lipinski definition) is 3. The van der Waals surface area contributed by atoms with Gasteiger partial charge in [0.1, 0.15) is 5.75 Å². The maximum atomic E-state index is 12.1. The third-order valence-corrected chi connectivity index (χ3v) is 3.93. The van der Waals surface area contributed by atoms with Gasteiger partial charge in [0.2, 0.25) is 5.91 Å². The third kappa shape index (κ3) is 6.01. The SMILES string of the molecule is CC(CC(=O)Nc1ccc(OC(F)(F)F)cc1)NCC1(O)CCC1. The predicted molar refractivity (Wildman–Crippen MR) is 82.6 cm³/mol. The number of halogens is 3. The van der Waals surface area contributed by atoms with Gasteiger partial charge in [-0.25, -0.2) is 0 Å². The molecule has 0 bridgehead atoms. The van der Waals surface area contributed by atoms with E-state index in [1.54, 1.807) is 0 Å². The van der Waals surface area contributed by atoms with Gasteiger partial charge in [-0.3, -0.25) is 4.79 Å². The van der Waals surface area contributed by atoms with Gasteiger partial charge in [0, 0.05) is 24.7 Å². The van der Waals surface area contributed by atoms with Crippen molar-refractivity contribution in [3.05, 3.63) is 24.3 Å². The highest BCUT2D eigenvalue weighted by Crippen LogP contribution is 2.30. The van der Waals surface area contributed by atoms with Crippen LogP contribution in [0.2, 0.25) is 0 Å². The van der Waals surface area contributed by atoms with E-state index in [4.69, 9.17) is 0 Å². The highest BCUT2D eigenvalue weighted by atomic mass is 19.4. The maximum Gasteiger partial charge on any atom is 0.573 e. The number of nitrogens with one attached hydrogen (secondary N) is 2. The summed E-state index contributed by atoms with van der Waals surface area (Å²) in [7, 11) is 0. The van der Waals surface area contributed by atoms with Crippen molar-refractivity contribution < 1.29 is 27.8 Å². The summed E-state index contributed by atoms with van der Waals surface area (Å²) in [4.78, 5) is 11.9. The minimum Gasteiger partial charge on any atom is -0.406 e. The summed E-state index contributed by atoms with van der Waals surface area (Å²) in [5, 5.41) is 15.7. The number of amides is 1. The van der Waals surface area contributed by atoms with Crippen LogP contribution in [0.5, 0.6) is 5.75 Å². The van der Waals surface area contributed by atoms with E-state index in [9.17, 15) is 23.1 Å². The summed E-state index contributed by atoms with van der Waals surface area (Å²) in [6, 6.07) is 4.83. The lowest BCUT2D eigenvalue weighted by Crippen LogP contribution is -2.48. The Hall–Kier alpha value is -1.80. The lowest BCUT2D eigenvalue weighted by atomic mass is 9.80. The average molecular weight is 346 g/mol. The Morgan fingerprint density at radius 3 is 2.46 bits per heavy atom. The summed E-state index contributed by atoms with van der Waals surface area (Å²) in [5.74, 6) is -0.607. The van der Waals surface area contributed by atoms with Gasteiger partial charge in [0.25, 0.3) is 0 Å². The third-order valence-electron chi connectivity index (χ3n) is 3.93. The van der Waals surface area contributed by atoms with Crippen LogP contribution < -0.4 is 15.4 Å². The molecule has 5 nitrogen and oxygen atoms in total. The second kappa shape index (κ2) is 7.40. The molecule has 1 fully saturated rings. The molecule has 1 unspecified atom stereocenters. The molecule has 0 spiro atoms. The minimum absolute atomic E-state index is 0.123. The molecule has 0 radical (unpaired) electrons. The molecule has 3 N–H and O–H groups in total. The van der Waals surface area contributed by atoms with E-state index >= 15 is 0 Å². The highest BCUT2D eigenvalue weighted by molar-refractivity contribution is 5.91. The number of anilines is 1. The molecule has 8 heteroatoms. The normalized spacial score (nSPS) is 17.7. The van der Waals surface area contributed by atoms with Crippen molar-refractivity contribution in [2.24, 2.45) is 0 Å². The molecule has 1 amide bonds. The van der Waals surface area contributed by atoms with Crippen LogP contribution in [0.4, 0.5) is 18.9 Å². The zero-order valence-corrected chi connectivity index (χ0v) is 13.3. The molecule has 134 valence electrons. The quantitative estimate of drug-likeness (QED) is 0.710. The molecule has 1 aromatic carbocycles. The van der Waals surface area contributed by atoms with Crippen molar-refractivity contribution in [1.29, 1.82) is 0 Å². The molecule has 1 aromatic rings. The molecular formula is C16H21F3N2O3. The largest absolute Gasteiger partial charge is 0.573 e. The molecule has 1 atom stereocenters. The van der Waals surface area contributed by atoms with Gasteiger partial charge in [0.15, 0.2) is 0 Å². The van der Waals surface area contributed by atoms with Crippen molar-refractivity contribution in [2.45, 2.75) is 50.6 Å². The van der Waals surface area contributed by atoms with Crippen LogP contribution in [0, 0.1) is 0 Å². The van der Waals surface area contributed by atoms with E-state index in [1.165, 1.54) is 12.1 Å². The number of rotatable bonds is 7. The van der Waals surface area contributed by atoms with Crippen LogP contribution in [-0.2, 0) is 4.79 Å². The first-order valence-corrected chi connectivity index (χ1v) is 7.77. The van der Waals surface area contributed by atoms with E-state index in [2.05, 4.69) is 15.4 Å². The van der Waals surface area contributed by atoms with Crippen LogP contribution in [0.15, 0.2) is 24.3 Å². The lowest BCUT2D eigenvalue weighted by molar-refractivity contribution is -0.274. The first-order chi connectivity index (χ1) is 11.2. The summed E-state index contributed by atoms with van der Waals surface area (Å²) in [6.45, 7) is 2.28. The first-order valence-electron chi connectivity index (χ1n) is 7.77. The van der Waals surface area contributed by atoms with Gasteiger partial charge >= 0.3 is 6.36 Å². The molecule has 2 rings (SSSR count). The number of benzene rings is 1. The van der Waals surface area contributed by atoms with Crippen LogP contribution in [0.25, 0.3) is 0 Å². The summed E-state index contributed by atoms with van der Waals surface area (Å²) >= 11 is 0. The van der Waals surface area contributed by atoms with Crippen molar-refractivity contribution >= 4 is 11.6 Å². The molecule has 0 saturated heterocycles. The standard InChI is InChI=1S/C16H21F3N2O3/c1-11(20-10-15(23)7-2-8-15)9-14(22)21-12-3-5-13(6-4-12)24-16(17,18)19/h3-6,11,20,23H,2,7-10H2,1H3,(H,21,22). The zero-order chi connectivity index (χ0) is 17.8. The number of hydrogen-bond acceptors (Lipinski definition) is 4. The van der Waals surface area contributed by atoms with Gasteiger partial charge in [-0.15, -0.1) is 13.2 Å². The summed E-state index contributed by atoms with van der Waals surface area (Å²) < 4.78 is 40.0. The Kier molecular flexibility index (Phi) is 5.71. The van der Waals surface area contributed by atoms with Crippen molar-refractivity contribution in [2.75, 3.05) is 11.9 Å². The molecular weight excluding hydrogens is 325 g/mol. The van der Waals surface area contributed by atoms with E-state index in [0.717, 1.165) is 31.4 Å². The zero-order valence-electron chi connectivity index (χ0n) is 13.3. The molecule has 1 saturated carbocycles. The Labute approximate surface area is 138 Å². The Balaban J connectivity index is 1.75. The van der Waals surface area contributed by atoms with Gasteiger partial charge in [0.05, 0.1) is 5.60 Å². The van der Waals surface area contributed by atoms with E-state index in [-0.39, 0.29) is 24.1 Å². The van der Waals surface area contributed by atoms with Crippen LogP contribution in [-0.4, -0.2) is 35.6 Å². The molecule has 24 heavy (non-hydrogen) atoms. The molecule has 1 aliphatic rings. The first kappa shape index (κ1) is 18.5. The fourth-order valence-corrected chi connectivity index (χ4v) is 2.43. The summed E-state index contributed by atoms with van der Waals surface area (Å²) in [5.41, 5.74) is -0.265. The lowest BCUT2D eigenvalue weighted by Gasteiger charge is -2.37. The Morgan fingerprint density at radius 2 is 1.96 bits per heavy atom. The number of alkyl halides is 3. The minimum atomic E-state index is -4.74. The predicted octanol–water partition coefficient (Wildman–Crippen LogP) is 2.81. The van der Waals surface area contributed by atoms with E-state index < -0.39 is 12.0 Å². The second-order valence-corrected chi connectivity index (χ2v) is 6.18. The number of aliphatic hydroxyl groups is 1. The number of ether oxygens (including phenoxy) is 1. The van der Waals surface area contributed by atoms with Crippen molar-refractivity contribution in [3.8, 4) is 5.75 Å². The molecule has 0 heterocycles. The van der Waals surface area contributed by atoms with Crippen molar-refractivity contribution in [1.82, 2.24) is 5.32 Å². The van der Waals surface area contributed by atoms with Gasteiger partial charge < -0.3 is 20.5 Å². The fourth-order valence-electron chi connectivity index (χ4n) is 2.43. The smallest absolute Gasteiger partial charge is 0.406 e. The molecule has 1 aliphatic carbocycles. The van der Waals surface area contributed by atoms with Gasteiger partial charge in [-0.1, -0.05) is 0 Å². The molecule has 0 aliphatic heterocycles. The van der Waals surface area contributed by atoms with E-state index in [0.29, 0.717) is 12.2 Å². The van der Waals surface area contributed by atoms with Crippen LogP contribution in [0.1, 0.15) is 32.6 Å². The van der Waals surface area contributed by atoms with Crippen molar-refractivity contribution in [3.63, 3.8) is 0 Å². The Bertz CT molecular complexity index is 557. The van der Waals surface area contributed by atoms with Gasteiger partial charge in [-0.2, -0.15) is 0 Å². The fraction of sp³-hybridized carbons (Fsp3) is 0.562. The average Bonchev–Trinajstić information content (AvgIpc) is 2.43. The summed E-state index contributed by atoms with van der Waals surface area (Å²) in [6.07, 6.45) is -2.00. The molecule has 0 aromatic heterocycles. The van der Waals surface area contributed by atoms with E-state index in [1.807, 2.05) is 6.92 Å². The number of carbonyl (C=O) groups is 1. The Morgan fingerprint density at radius 1 is 1.33 bits per heavy atom. The van der Waals surface area contributed by atoms with Crippen LogP contribution in [0.3, 0.4) is 0 Å². The monoisotopic (exact) mass is 346 g/mol. The maximum absolute atomic E-state index is 12.1. The second-order valence-electron chi connectivity index (χ2n) is 6.18. The highest BCUT2D eigenvalue weighted by Gasteiger charge is 2.34. The number of carbonyl (C=O) groups excluding carboxylic acids is 1. The van der Waals surface area contributed by atoms with Crippen LogP contribution >= 0.6 is 0 Å².